The number of urea groups is 1. The molecular formula is C22H26Cl2N4O2. The van der Waals surface area contributed by atoms with E-state index in [0.29, 0.717) is 23.2 Å². The van der Waals surface area contributed by atoms with Gasteiger partial charge in [0.2, 0.25) is 0 Å². The average molecular weight is 449 g/mol. The number of hydrogen-bond donors (Lipinski definition) is 2. The summed E-state index contributed by atoms with van der Waals surface area (Å²) < 4.78 is 5.92. The molecule has 2 aliphatic heterocycles. The molecule has 2 heterocycles. The SMILES string of the molecule is O=C1NCCc2ccc(OCCCN3CCN(c4cccc(Cl)c4Cl)CC3)cc2N1. The van der Waals surface area contributed by atoms with Crippen molar-refractivity contribution in [2.24, 2.45) is 0 Å². The summed E-state index contributed by atoms with van der Waals surface area (Å²) >= 11 is 12.5. The van der Waals surface area contributed by atoms with Crippen LogP contribution in [0.1, 0.15) is 12.0 Å². The molecule has 0 atom stereocenters. The lowest BCUT2D eigenvalue weighted by molar-refractivity contribution is 0.225. The number of benzene rings is 2. The zero-order valence-electron chi connectivity index (χ0n) is 16.8. The molecule has 8 heteroatoms. The summed E-state index contributed by atoms with van der Waals surface area (Å²) in [5.41, 5.74) is 2.97. The number of anilines is 2. The Morgan fingerprint density at radius 2 is 1.90 bits per heavy atom. The number of nitrogens with one attached hydrogen (secondary N) is 2. The van der Waals surface area contributed by atoms with Crippen LogP contribution in [-0.2, 0) is 6.42 Å². The van der Waals surface area contributed by atoms with Crippen molar-refractivity contribution in [2.75, 3.05) is 56.1 Å². The van der Waals surface area contributed by atoms with E-state index in [9.17, 15) is 4.79 Å². The van der Waals surface area contributed by atoms with Crippen LogP contribution in [0, 0.1) is 0 Å². The fraction of sp³-hybridized carbons (Fsp3) is 0.409. The van der Waals surface area contributed by atoms with E-state index < -0.39 is 0 Å². The number of carbonyl (C=O) groups is 1. The fourth-order valence-electron chi connectivity index (χ4n) is 3.88. The summed E-state index contributed by atoms with van der Waals surface area (Å²) in [6, 6.07) is 11.5. The van der Waals surface area contributed by atoms with Crippen LogP contribution in [0.25, 0.3) is 0 Å². The van der Waals surface area contributed by atoms with Gasteiger partial charge in [-0.1, -0.05) is 35.3 Å². The molecule has 2 aliphatic rings. The Labute approximate surface area is 187 Å². The van der Waals surface area contributed by atoms with Crippen molar-refractivity contribution >= 4 is 40.6 Å². The van der Waals surface area contributed by atoms with Crippen LogP contribution in [0.3, 0.4) is 0 Å². The molecule has 6 nitrogen and oxygen atoms in total. The van der Waals surface area contributed by atoms with E-state index in [2.05, 4.69) is 20.4 Å². The number of ether oxygens (including phenoxy) is 1. The quantitative estimate of drug-likeness (QED) is 0.648. The third-order valence-electron chi connectivity index (χ3n) is 5.54. The van der Waals surface area contributed by atoms with Gasteiger partial charge in [0.1, 0.15) is 5.75 Å². The molecule has 1 saturated heterocycles. The molecule has 2 aromatic rings. The van der Waals surface area contributed by atoms with Gasteiger partial charge in [0.25, 0.3) is 0 Å². The topological polar surface area (TPSA) is 56.8 Å². The van der Waals surface area contributed by atoms with Gasteiger partial charge in [-0.05, 0) is 36.6 Å². The predicted molar refractivity (Wildman–Crippen MR) is 122 cm³/mol. The fourth-order valence-corrected chi connectivity index (χ4v) is 4.30. The van der Waals surface area contributed by atoms with Crippen molar-refractivity contribution in [3.8, 4) is 5.75 Å². The van der Waals surface area contributed by atoms with Gasteiger partial charge >= 0.3 is 6.03 Å². The van der Waals surface area contributed by atoms with Gasteiger partial charge in [-0.25, -0.2) is 4.79 Å². The van der Waals surface area contributed by atoms with Gasteiger partial charge in [-0.3, -0.25) is 4.90 Å². The number of piperazine rings is 1. The van der Waals surface area contributed by atoms with Crippen LogP contribution in [0.15, 0.2) is 36.4 Å². The van der Waals surface area contributed by atoms with E-state index in [1.807, 2.05) is 36.4 Å². The molecule has 1 fully saturated rings. The number of hydrogen-bond acceptors (Lipinski definition) is 4. The maximum Gasteiger partial charge on any atom is 0.319 e. The number of nitrogens with zero attached hydrogens (tertiary/aromatic N) is 2. The summed E-state index contributed by atoms with van der Waals surface area (Å²) in [6.45, 7) is 6.12. The molecule has 0 spiro atoms. The minimum absolute atomic E-state index is 0.163. The number of fused-ring (bicyclic) bond motifs is 1. The van der Waals surface area contributed by atoms with Gasteiger partial charge in [0.15, 0.2) is 0 Å². The molecule has 4 rings (SSSR count). The Bertz CT molecular complexity index is 901. The first-order chi connectivity index (χ1) is 14.6. The molecule has 160 valence electrons. The van der Waals surface area contributed by atoms with E-state index in [0.717, 1.165) is 68.3 Å². The average Bonchev–Trinajstić information content (AvgIpc) is 2.94. The number of amides is 2. The van der Waals surface area contributed by atoms with Gasteiger partial charge in [0.05, 0.1) is 22.3 Å². The van der Waals surface area contributed by atoms with Gasteiger partial charge in [-0.15, -0.1) is 0 Å². The normalized spacial score (nSPS) is 17.0. The summed E-state index contributed by atoms with van der Waals surface area (Å²) in [6.07, 6.45) is 1.77. The van der Waals surface area contributed by atoms with Crippen molar-refractivity contribution < 1.29 is 9.53 Å². The molecule has 0 unspecified atom stereocenters. The number of carbonyl (C=O) groups excluding carboxylic acids is 1. The molecule has 2 aromatic carbocycles. The van der Waals surface area contributed by atoms with Crippen molar-refractivity contribution in [3.63, 3.8) is 0 Å². The molecule has 0 saturated carbocycles. The van der Waals surface area contributed by atoms with E-state index in [1.165, 1.54) is 0 Å². The van der Waals surface area contributed by atoms with E-state index in [4.69, 9.17) is 27.9 Å². The second-order valence-corrected chi connectivity index (χ2v) is 8.34. The Balaban J connectivity index is 1.21. The zero-order valence-corrected chi connectivity index (χ0v) is 18.3. The molecule has 0 bridgehead atoms. The first kappa shape index (κ1) is 21.1. The zero-order chi connectivity index (χ0) is 20.9. The van der Waals surface area contributed by atoms with Gasteiger partial charge in [0, 0.05) is 51.0 Å². The first-order valence-corrected chi connectivity index (χ1v) is 11.1. The predicted octanol–water partition coefficient (Wildman–Crippen LogP) is 4.26. The van der Waals surface area contributed by atoms with Crippen LogP contribution >= 0.6 is 23.2 Å². The van der Waals surface area contributed by atoms with Gasteiger partial charge in [-0.2, -0.15) is 0 Å². The van der Waals surface area contributed by atoms with Crippen LogP contribution < -0.4 is 20.3 Å². The number of rotatable bonds is 6. The minimum atomic E-state index is -0.163. The van der Waals surface area contributed by atoms with Crippen LogP contribution in [0.4, 0.5) is 16.2 Å². The third-order valence-corrected chi connectivity index (χ3v) is 6.35. The summed E-state index contributed by atoms with van der Waals surface area (Å²) in [4.78, 5) is 16.4. The van der Waals surface area contributed by atoms with Crippen molar-refractivity contribution in [2.45, 2.75) is 12.8 Å². The molecule has 0 aromatic heterocycles. The number of halogens is 2. The van der Waals surface area contributed by atoms with Gasteiger partial charge < -0.3 is 20.3 Å². The Hall–Kier alpha value is -2.15. The molecule has 0 aliphatic carbocycles. The Kier molecular flexibility index (Phi) is 6.87. The highest BCUT2D eigenvalue weighted by Gasteiger charge is 2.19. The second kappa shape index (κ2) is 9.77. The lowest BCUT2D eigenvalue weighted by Gasteiger charge is -2.36. The van der Waals surface area contributed by atoms with E-state index in [1.54, 1.807) is 0 Å². The lowest BCUT2D eigenvalue weighted by atomic mass is 10.1. The van der Waals surface area contributed by atoms with Crippen molar-refractivity contribution in [3.05, 3.63) is 52.0 Å². The maximum absolute atomic E-state index is 11.7. The van der Waals surface area contributed by atoms with Crippen LogP contribution in [0.5, 0.6) is 5.75 Å². The van der Waals surface area contributed by atoms with Crippen LogP contribution in [0.2, 0.25) is 10.0 Å². The van der Waals surface area contributed by atoms with E-state index in [-0.39, 0.29) is 6.03 Å². The Morgan fingerprint density at radius 3 is 2.73 bits per heavy atom. The standard InChI is InChI=1S/C22H26Cl2N4O2/c23-18-3-1-4-20(21(18)24)28-12-10-27(11-13-28)9-2-14-30-17-6-5-16-7-8-25-22(29)26-19(16)15-17/h1,3-6,15H,2,7-14H2,(H2,25,26,29). The highest BCUT2D eigenvalue weighted by molar-refractivity contribution is 6.43. The third kappa shape index (κ3) is 5.12. The monoisotopic (exact) mass is 448 g/mol. The first-order valence-electron chi connectivity index (χ1n) is 10.3. The molecule has 0 radical (unpaired) electrons. The minimum Gasteiger partial charge on any atom is -0.493 e. The highest BCUT2D eigenvalue weighted by Crippen LogP contribution is 2.33. The summed E-state index contributed by atoms with van der Waals surface area (Å²) in [5, 5.41) is 6.91. The molecule has 2 N–H and O–H groups in total. The highest BCUT2D eigenvalue weighted by atomic mass is 35.5. The largest absolute Gasteiger partial charge is 0.493 e. The van der Waals surface area contributed by atoms with Crippen LogP contribution in [-0.4, -0.2) is 56.8 Å². The maximum atomic E-state index is 11.7. The van der Waals surface area contributed by atoms with E-state index >= 15 is 0 Å². The second-order valence-electron chi connectivity index (χ2n) is 7.55. The van der Waals surface area contributed by atoms with Crippen molar-refractivity contribution in [1.29, 1.82) is 0 Å². The molecular weight excluding hydrogens is 423 g/mol. The lowest BCUT2D eigenvalue weighted by Crippen LogP contribution is -2.46. The smallest absolute Gasteiger partial charge is 0.319 e. The molecule has 2 amide bonds. The van der Waals surface area contributed by atoms with Crippen molar-refractivity contribution in [1.82, 2.24) is 10.2 Å². The Morgan fingerprint density at radius 1 is 1.07 bits per heavy atom. The summed E-state index contributed by atoms with van der Waals surface area (Å²) in [5.74, 6) is 0.788. The summed E-state index contributed by atoms with van der Waals surface area (Å²) in [7, 11) is 0. The molecule has 30 heavy (non-hydrogen) atoms.